The van der Waals surface area contributed by atoms with E-state index in [1.807, 2.05) is 68.4 Å². The van der Waals surface area contributed by atoms with Gasteiger partial charge in [-0.2, -0.15) is 0 Å². The van der Waals surface area contributed by atoms with Gasteiger partial charge in [0.15, 0.2) is 0 Å². The third kappa shape index (κ3) is 5.46. The van der Waals surface area contributed by atoms with Crippen LogP contribution < -0.4 is 10.1 Å². The van der Waals surface area contributed by atoms with Gasteiger partial charge in [0.1, 0.15) is 11.8 Å². The molecule has 0 unspecified atom stereocenters. The van der Waals surface area contributed by atoms with Gasteiger partial charge in [-0.25, -0.2) is 0 Å². The van der Waals surface area contributed by atoms with Gasteiger partial charge in [0.05, 0.1) is 7.11 Å². The van der Waals surface area contributed by atoms with Crippen molar-refractivity contribution in [3.05, 3.63) is 78.4 Å². The highest BCUT2D eigenvalue weighted by Gasteiger charge is 2.32. The van der Waals surface area contributed by atoms with Crippen LogP contribution in [-0.4, -0.2) is 30.4 Å². The molecule has 2 aromatic rings. The number of hydrogen-bond donors (Lipinski definition) is 1. The van der Waals surface area contributed by atoms with E-state index < -0.39 is 6.04 Å². The van der Waals surface area contributed by atoms with Crippen molar-refractivity contribution in [2.75, 3.05) is 13.7 Å². The van der Waals surface area contributed by atoms with Crippen LogP contribution in [0.4, 0.5) is 0 Å². The summed E-state index contributed by atoms with van der Waals surface area (Å²) in [4.78, 5) is 27.7. The van der Waals surface area contributed by atoms with Gasteiger partial charge >= 0.3 is 0 Å². The zero-order valence-corrected chi connectivity index (χ0v) is 16.7. The van der Waals surface area contributed by atoms with Gasteiger partial charge in [0.25, 0.3) is 0 Å². The Kier molecular flexibility index (Phi) is 7.81. The minimum Gasteiger partial charge on any atom is -0.497 e. The van der Waals surface area contributed by atoms with Crippen molar-refractivity contribution in [2.24, 2.45) is 5.92 Å². The predicted molar refractivity (Wildman–Crippen MR) is 111 cm³/mol. The maximum absolute atomic E-state index is 13.1. The number of carbonyl (C=O) groups is 2. The SMILES string of the molecule is C=CCNC(=O)[C@@H](c1ccccc1)N(Cc1ccc(OC)cc1)C(=O)C(C)C. The lowest BCUT2D eigenvalue weighted by Crippen LogP contribution is -2.44. The number of ether oxygens (including phenoxy) is 1. The summed E-state index contributed by atoms with van der Waals surface area (Å²) in [5, 5.41) is 2.84. The number of benzene rings is 2. The quantitative estimate of drug-likeness (QED) is 0.675. The van der Waals surface area contributed by atoms with Gasteiger partial charge in [0.2, 0.25) is 11.8 Å². The van der Waals surface area contributed by atoms with E-state index in [0.29, 0.717) is 13.1 Å². The molecule has 0 saturated heterocycles. The summed E-state index contributed by atoms with van der Waals surface area (Å²) in [5.74, 6) is 0.192. The van der Waals surface area contributed by atoms with E-state index in [4.69, 9.17) is 4.74 Å². The van der Waals surface area contributed by atoms with Crippen molar-refractivity contribution in [3.8, 4) is 5.75 Å². The molecule has 0 saturated carbocycles. The zero-order chi connectivity index (χ0) is 20.5. The highest BCUT2D eigenvalue weighted by atomic mass is 16.5. The Labute approximate surface area is 167 Å². The highest BCUT2D eigenvalue weighted by Crippen LogP contribution is 2.26. The van der Waals surface area contributed by atoms with Crippen LogP contribution in [0.2, 0.25) is 0 Å². The Hall–Kier alpha value is -3.08. The lowest BCUT2D eigenvalue weighted by molar-refractivity contribution is -0.144. The molecule has 2 aromatic carbocycles. The molecular formula is C23H28N2O3. The van der Waals surface area contributed by atoms with Gasteiger partial charge in [-0.15, -0.1) is 6.58 Å². The Morgan fingerprint density at radius 1 is 1.11 bits per heavy atom. The summed E-state index contributed by atoms with van der Waals surface area (Å²) in [6.07, 6.45) is 1.62. The van der Waals surface area contributed by atoms with E-state index in [0.717, 1.165) is 16.9 Å². The highest BCUT2D eigenvalue weighted by molar-refractivity contribution is 5.89. The standard InChI is InChI=1S/C23H28N2O3/c1-5-15-24-22(26)21(19-9-7-6-8-10-19)25(23(27)17(2)3)16-18-11-13-20(28-4)14-12-18/h5-14,17,21H,1,15-16H2,2-4H3,(H,24,26)/t21-/m1/s1. The van der Waals surface area contributed by atoms with Crippen LogP contribution in [0, 0.1) is 5.92 Å². The van der Waals surface area contributed by atoms with Crippen molar-refractivity contribution in [2.45, 2.75) is 26.4 Å². The molecule has 1 N–H and O–H groups in total. The first-order valence-electron chi connectivity index (χ1n) is 9.35. The van der Waals surface area contributed by atoms with E-state index in [1.54, 1.807) is 18.1 Å². The lowest BCUT2D eigenvalue weighted by Gasteiger charge is -2.32. The van der Waals surface area contributed by atoms with Gasteiger partial charge in [-0.05, 0) is 23.3 Å². The molecule has 0 spiro atoms. The fourth-order valence-corrected chi connectivity index (χ4v) is 2.93. The summed E-state index contributed by atoms with van der Waals surface area (Å²) in [7, 11) is 1.61. The smallest absolute Gasteiger partial charge is 0.247 e. The Bertz CT molecular complexity index is 785. The summed E-state index contributed by atoms with van der Waals surface area (Å²) in [6, 6.07) is 16.2. The molecule has 0 aliphatic carbocycles. The normalized spacial score (nSPS) is 11.6. The van der Waals surface area contributed by atoms with Crippen molar-refractivity contribution in [1.29, 1.82) is 0 Å². The fraction of sp³-hybridized carbons (Fsp3) is 0.304. The topological polar surface area (TPSA) is 58.6 Å². The third-order valence-corrected chi connectivity index (χ3v) is 4.38. The molecule has 0 fully saturated rings. The van der Waals surface area contributed by atoms with E-state index >= 15 is 0 Å². The molecule has 0 aliphatic heterocycles. The summed E-state index contributed by atoms with van der Waals surface area (Å²) in [5.41, 5.74) is 1.69. The summed E-state index contributed by atoms with van der Waals surface area (Å²) in [6.45, 7) is 7.99. The van der Waals surface area contributed by atoms with Crippen molar-refractivity contribution in [1.82, 2.24) is 10.2 Å². The molecule has 0 radical (unpaired) electrons. The number of rotatable bonds is 9. The van der Waals surface area contributed by atoms with Crippen molar-refractivity contribution < 1.29 is 14.3 Å². The maximum Gasteiger partial charge on any atom is 0.247 e. The number of amides is 2. The average Bonchev–Trinajstić information content (AvgIpc) is 2.72. The van der Waals surface area contributed by atoms with E-state index in [9.17, 15) is 9.59 Å². The Morgan fingerprint density at radius 3 is 2.29 bits per heavy atom. The van der Waals surface area contributed by atoms with Gasteiger partial charge in [-0.1, -0.05) is 62.4 Å². The molecule has 2 rings (SSSR count). The van der Waals surface area contributed by atoms with Crippen LogP contribution >= 0.6 is 0 Å². The van der Waals surface area contributed by atoms with E-state index in [1.165, 1.54) is 0 Å². The molecule has 28 heavy (non-hydrogen) atoms. The monoisotopic (exact) mass is 380 g/mol. The number of nitrogens with zero attached hydrogens (tertiary/aromatic N) is 1. The van der Waals surface area contributed by atoms with E-state index in [-0.39, 0.29) is 17.7 Å². The molecule has 0 aromatic heterocycles. The average molecular weight is 380 g/mol. The molecule has 1 atom stereocenters. The second kappa shape index (κ2) is 10.3. The summed E-state index contributed by atoms with van der Waals surface area (Å²) < 4.78 is 5.21. The Balaban J connectivity index is 2.43. The largest absolute Gasteiger partial charge is 0.497 e. The number of nitrogens with one attached hydrogen (secondary N) is 1. The lowest BCUT2D eigenvalue weighted by atomic mass is 10.0. The van der Waals surface area contributed by atoms with Crippen LogP contribution in [0.3, 0.4) is 0 Å². The number of carbonyl (C=O) groups excluding carboxylic acids is 2. The van der Waals surface area contributed by atoms with Crippen LogP contribution in [-0.2, 0) is 16.1 Å². The van der Waals surface area contributed by atoms with Crippen LogP contribution in [0.1, 0.15) is 31.0 Å². The van der Waals surface area contributed by atoms with Gasteiger partial charge < -0.3 is 15.0 Å². The van der Waals surface area contributed by atoms with Crippen LogP contribution in [0.5, 0.6) is 5.75 Å². The maximum atomic E-state index is 13.1. The molecule has 2 amide bonds. The minimum absolute atomic E-state index is 0.0848. The van der Waals surface area contributed by atoms with Gasteiger partial charge in [0, 0.05) is 19.0 Å². The van der Waals surface area contributed by atoms with Crippen LogP contribution in [0.15, 0.2) is 67.3 Å². The van der Waals surface area contributed by atoms with Gasteiger partial charge in [-0.3, -0.25) is 9.59 Å². The predicted octanol–water partition coefficient (Wildman–Crippen LogP) is 3.72. The second-order valence-electron chi connectivity index (χ2n) is 6.82. The van der Waals surface area contributed by atoms with E-state index in [2.05, 4.69) is 11.9 Å². The first kappa shape index (κ1) is 21.2. The minimum atomic E-state index is -0.724. The molecule has 0 bridgehead atoms. The molecular weight excluding hydrogens is 352 g/mol. The second-order valence-corrected chi connectivity index (χ2v) is 6.82. The first-order valence-corrected chi connectivity index (χ1v) is 9.35. The van der Waals surface area contributed by atoms with Crippen molar-refractivity contribution in [3.63, 3.8) is 0 Å². The zero-order valence-electron chi connectivity index (χ0n) is 16.7. The fourth-order valence-electron chi connectivity index (χ4n) is 2.93. The number of hydrogen-bond acceptors (Lipinski definition) is 3. The van der Waals surface area contributed by atoms with Crippen LogP contribution in [0.25, 0.3) is 0 Å². The molecule has 0 aliphatic rings. The molecule has 5 nitrogen and oxygen atoms in total. The molecule has 5 heteroatoms. The Morgan fingerprint density at radius 2 is 1.75 bits per heavy atom. The molecule has 0 heterocycles. The summed E-state index contributed by atoms with van der Waals surface area (Å²) >= 11 is 0. The molecule has 148 valence electrons. The first-order chi connectivity index (χ1) is 13.5. The van der Waals surface area contributed by atoms with Crippen molar-refractivity contribution >= 4 is 11.8 Å². The number of methoxy groups -OCH3 is 1. The third-order valence-electron chi connectivity index (χ3n) is 4.38.